The van der Waals surface area contributed by atoms with E-state index in [-0.39, 0.29) is 11.4 Å². The second-order valence-electron chi connectivity index (χ2n) is 5.86. The van der Waals surface area contributed by atoms with Crippen molar-refractivity contribution < 1.29 is 13.5 Å². The van der Waals surface area contributed by atoms with Gasteiger partial charge < -0.3 is 10.0 Å². The highest BCUT2D eigenvalue weighted by molar-refractivity contribution is 9.10. The van der Waals surface area contributed by atoms with Crippen molar-refractivity contribution in [1.29, 1.82) is 0 Å². The third-order valence-corrected chi connectivity index (χ3v) is 6.64. The standard InChI is InChI=1S/C17H19BrN2O3S/c1-20-9-8-12-10-13(6-7-15(12)20)16(21)11-19-24(22,23)17-5-3-2-4-14(17)18/h2-7,10,16,19,21H,8-9,11H2,1H3/t16-/m0/s1. The lowest BCUT2D eigenvalue weighted by Crippen LogP contribution is -2.28. The van der Waals surface area contributed by atoms with Crippen LogP contribution >= 0.6 is 15.9 Å². The molecule has 0 unspecified atom stereocenters. The second-order valence-corrected chi connectivity index (χ2v) is 8.45. The summed E-state index contributed by atoms with van der Waals surface area (Å²) in [6.45, 7) is 0.891. The first-order valence-electron chi connectivity index (χ1n) is 7.65. The minimum Gasteiger partial charge on any atom is -0.387 e. The van der Waals surface area contributed by atoms with Crippen LogP contribution in [-0.2, 0) is 16.4 Å². The molecule has 0 spiro atoms. The van der Waals surface area contributed by atoms with E-state index in [9.17, 15) is 13.5 Å². The number of anilines is 1. The largest absolute Gasteiger partial charge is 0.387 e. The number of sulfonamides is 1. The van der Waals surface area contributed by atoms with Crippen LogP contribution in [0.25, 0.3) is 0 Å². The second kappa shape index (κ2) is 6.84. The first kappa shape index (κ1) is 17.4. The van der Waals surface area contributed by atoms with Crippen molar-refractivity contribution >= 4 is 31.6 Å². The Balaban J connectivity index is 1.72. The molecule has 0 fully saturated rings. The first-order valence-corrected chi connectivity index (χ1v) is 9.92. The molecule has 2 N–H and O–H groups in total. The van der Waals surface area contributed by atoms with Crippen molar-refractivity contribution in [1.82, 2.24) is 4.72 Å². The van der Waals surface area contributed by atoms with E-state index < -0.39 is 16.1 Å². The number of halogens is 1. The summed E-state index contributed by atoms with van der Waals surface area (Å²) in [5, 5.41) is 10.3. The van der Waals surface area contributed by atoms with Crippen LogP contribution in [-0.4, -0.2) is 33.7 Å². The number of rotatable bonds is 5. The SMILES string of the molecule is CN1CCc2cc([C@@H](O)CNS(=O)(=O)c3ccccc3Br)ccc21. The van der Waals surface area contributed by atoms with Gasteiger partial charge in [0.1, 0.15) is 0 Å². The van der Waals surface area contributed by atoms with Gasteiger partial charge in [0.15, 0.2) is 0 Å². The molecule has 0 saturated carbocycles. The zero-order valence-corrected chi connectivity index (χ0v) is 15.6. The van der Waals surface area contributed by atoms with Crippen molar-refractivity contribution in [2.24, 2.45) is 0 Å². The molecule has 0 aromatic heterocycles. The fraction of sp³-hybridized carbons (Fsp3) is 0.294. The van der Waals surface area contributed by atoms with E-state index in [4.69, 9.17) is 0 Å². The summed E-state index contributed by atoms with van der Waals surface area (Å²) < 4.78 is 27.7. The number of hydrogen-bond acceptors (Lipinski definition) is 4. The Morgan fingerprint density at radius 1 is 1.29 bits per heavy atom. The predicted octanol–water partition coefficient (Wildman–Crippen LogP) is 2.45. The van der Waals surface area contributed by atoms with Crippen LogP contribution in [0.1, 0.15) is 17.2 Å². The summed E-state index contributed by atoms with van der Waals surface area (Å²) >= 11 is 3.24. The highest BCUT2D eigenvalue weighted by atomic mass is 79.9. The van der Waals surface area contributed by atoms with Crippen molar-refractivity contribution in [2.45, 2.75) is 17.4 Å². The number of nitrogens with one attached hydrogen (secondary N) is 1. The average molecular weight is 411 g/mol. The van der Waals surface area contributed by atoms with Gasteiger partial charge in [-0.2, -0.15) is 0 Å². The molecule has 128 valence electrons. The smallest absolute Gasteiger partial charge is 0.241 e. The maximum Gasteiger partial charge on any atom is 0.241 e. The van der Waals surface area contributed by atoms with Crippen LogP contribution < -0.4 is 9.62 Å². The maximum absolute atomic E-state index is 12.4. The van der Waals surface area contributed by atoms with E-state index in [1.807, 2.05) is 25.2 Å². The third kappa shape index (κ3) is 3.49. The van der Waals surface area contributed by atoms with Crippen LogP contribution in [0.2, 0.25) is 0 Å². The van der Waals surface area contributed by atoms with Crippen molar-refractivity contribution in [2.75, 3.05) is 25.0 Å². The molecular formula is C17H19BrN2O3S. The Kier molecular flexibility index (Phi) is 4.96. The van der Waals surface area contributed by atoms with Gasteiger partial charge in [0.25, 0.3) is 0 Å². The summed E-state index contributed by atoms with van der Waals surface area (Å²) in [5.74, 6) is 0. The lowest BCUT2D eigenvalue weighted by atomic mass is 10.0. The summed E-state index contributed by atoms with van der Waals surface area (Å²) in [6, 6.07) is 12.4. The Morgan fingerprint density at radius 2 is 2.04 bits per heavy atom. The topological polar surface area (TPSA) is 69.6 Å². The van der Waals surface area contributed by atoms with Crippen LogP contribution in [0, 0.1) is 0 Å². The Morgan fingerprint density at radius 3 is 2.79 bits per heavy atom. The van der Waals surface area contributed by atoms with E-state index in [1.54, 1.807) is 18.2 Å². The van der Waals surface area contributed by atoms with E-state index in [0.29, 0.717) is 4.47 Å². The molecule has 24 heavy (non-hydrogen) atoms. The number of benzene rings is 2. The molecule has 0 saturated heterocycles. The normalized spacial score (nSPS) is 15.4. The molecule has 2 aromatic carbocycles. The van der Waals surface area contributed by atoms with Crippen LogP contribution in [0.15, 0.2) is 51.8 Å². The van der Waals surface area contributed by atoms with E-state index in [1.165, 1.54) is 17.3 Å². The summed E-state index contributed by atoms with van der Waals surface area (Å²) in [5.41, 5.74) is 3.07. The third-order valence-electron chi connectivity index (χ3n) is 4.21. The number of aliphatic hydroxyl groups excluding tert-OH is 1. The maximum atomic E-state index is 12.4. The molecular weight excluding hydrogens is 392 g/mol. The zero-order chi connectivity index (χ0) is 17.3. The monoisotopic (exact) mass is 410 g/mol. The minimum atomic E-state index is -3.68. The predicted molar refractivity (Wildman–Crippen MR) is 97.7 cm³/mol. The van der Waals surface area contributed by atoms with Gasteiger partial charge in [0.05, 0.1) is 11.0 Å². The average Bonchev–Trinajstić information content (AvgIpc) is 2.93. The van der Waals surface area contributed by atoms with Gasteiger partial charge in [-0.05, 0) is 51.7 Å². The fourth-order valence-corrected chi connectivity index (χ4v) is 4.88. The summed E-state index contributed by atoms with van der Waals surface area (Å²) in [4.78, 5) is 2.33. The first-order chi connectivity index (χ1) is 11.4. The molecule has 0 bridgehead atoms. The van der Waals surface area contributed by atoms with Crippen molar-refractivity contribution in [3.63, 3.8) is 0 Å². The molecule has 0 amide bonds. The molecule has 1 aliphatic heterocycles. The van der Waals surface area contributed by atoms with E-state index >= 15 is 0 Å². The number of hydrogen-bond donors (Lipinski definition) is 2. The molecule has 1 aliphatic rings. The fourth-order valence-electron chi connectivity index (χ4n) is 2.84. The van der Waals surface area contributed by atoms with Crippen LogP contribution in [0.3, 0.4) is 0 Å². The van der Waals surface area contributed by atoms with Gasteiger partial charge in [0.2, 0.25) is 10.0 Å². The van der Waals surface area contributed by atoms with Gasteiger partial charge in [-0.25, -0.2) is 13.1 Å². The lowest BCUT2D eigenvalue weighted by molar-refractivity contribution is 0.182. The highest BCUT2D eigenvalue weighted by Crippen LogP contribution is 2.29. The van der Waals surface area contributed by atoms with E-state index in [2.05, 4.69) is 25.6 Å². The molecule has 1 heterocycles. The van der Waals surface area contributed by atoms with Gasteiger partial charge in [-0.15, -0.1) is 0 Å². The summed E-state index contributed by atoms with van der Waals surface area (Å²) in [6.07, 6.45) is 0.0493. The van der Waals surface area contributed by atoms with Gasteiger partial charge in [-0.3, -0.25) is 0 Å². The lowest BCUT2D eigenvalue weighted by Gasteiger charge is -2.16. The van der Waals surface area contributed by atoms with Crippen molar-refractivity contribution in [3.8, 4) is 0 Å². The molecule has 0 radical (unpaired) electrons. The quantitative estimate of drug-likeness (QED) is 0.793. The molecule has 3 rings (SSSR count). The van der Waals surface area contributed by atoms with Crippen molar-refractivity contribution in [3.05, 3.63) is 58.1 Å². The number of aliphatic hydroxyl groups is 1. The number of fused-ring (bicyclic) bond motifs is 1. The number of nitrogens with zero attached hydrogens (tertiary/aromatic N) is 1. The molecule has 1 atom stereocenters. The summed E-state index contributed by atoms with van der Waals surface area (Å²) in [7, 11) is -1.64. The molecule has 2 aromatic rings. The molecule has 5 nitrogen and oxygen atoms in total. The van der Waals surface area contributed by atoms with Crippen LogP contribution in [0.4, 0.5) is 5.69 Å². The molecule has 0 aliphatic carbocycles. The van der Waals surface area contributed by atoms with Gasteiger partial charge in [0, 0.05) is 30.3 Å². The van der Waals surface area contributed by atoms with Crippen LogP contribution in [0.5, 0.6) is 0 Å². The molecule has 7 heteroatoms. The van der Waals surface area contributed by atoms with E-state index in [0.717, 1.165) is 18.5 Å². The minimum absolute atomic E-state index is 0.0711. The van der Waals surface area contributed by atoms with Gasteiger partial charge in [-0.1, -0.05) is 24.3 Å². The Bertz CT molecular complexity index is 855. The van der Waals surface area contributed by atoms with Gasteiger partial charge >= 0.3 is 0 Å². The Labute approximate surface area is 150 Å². The highest BCUT2D eigenvalue weighted by Gasteiger charge is 2.21. The number of likely N-dealkylation sites (N-methyl/N-ethyl adjacent to an activating group) is 1. The Hall–Kier alpha value is -1.41. The zero-order valence-electron chi connectivity index (χ0n) is 13.2.